The molecule has 1 fully saturated rings. The van der Waals surface area contributed by atoms with Gasteiger partial charge in [-0.3, -0.25) is 4.79 Å². The lowest BCUT2D eigenvalue weighted by Gasteiger charge is -2.34. The Morgan fingerprint density at radius 3 is 1.15 bits per heavy atom. The van der Waals surface area contributed by atoms with Gasteiger partial charge >= 0.3 is 5.97 Å². The lowest BCUT2D eigenvalue weighted by molar-refractivity contribution is -0.146. The van der Waals surface area contributed by atoms with Crippen LogP contribution in [0, 0.1) is 0 Å². The molecular formula is C51H68O8. The quantitative estimate of drug-likeness (QED) is 0.0633. The number of phenols is 4. The first kappa shape index (κ1) is 45.6. The number of ether oxygens (including phenoxy) is 3. The first-order valence-electron chi connectivity index (χ1n) is 20.8. The third kappa shape index (κ3) is 10.1. The van der Waals surface area contributed by atoms with Crippen LogP contribution in [0.25, 0.3) is 0 Å². The van der Waals surface area contributed by atoms with E-state index in [1.807, 2.05) is 84.9 Å². The van der Waals surface area contributed by atoms with E-state index in [1.165, 1.54) is 0 Å². The summed E-state index contributed by atoms with van der Waals surface area (Å²) >= 11 is 0. The fourth-order valence-corrected chi connectivity index (χ4v) is 8.17. The molecule has 1 aliphatic rings. The molecule has 0 saturated carbocycles. The summed E-state index contributed by atoms with van der Waals surface area (Å²) in [5.74, 6) is 0.482. The van der Waals surface area contributed by atoms with Crippen molar-refractivity contribution in [3.05, 3.63) is 117 Å². The molecule has 4 aromatic carbocycles. The molecule has 0 radical (unpaired) electrons. The average Bonchev–Trinajstić information content (AvgIpc) is 3.85. The average molecular weight is 809 g/mol. The molecule has 2 atom stereocenters. The second-order valence-electron chi connectivity index (χ2n) is 21.1. The number of benzene rings is 4. The van der Waals surface area contributed by atoms with Crippen molar-refractivity contribution in [3.8, 4) is 23.0 Å². The summed E-state index contributed by atoms with van der Waals surface area (Å²) in [4.78, 5) is 13.7. The maximum atomic E-state index is 13.7. The van der Waals surface area contributed by atoms with E-state index in [0.29, 0.717) is 6.42 Å². The minimum atomic E-state index is -0.851. The topological polar surface area (TPSA) is 129 Å². The van der Waals surface area contributed by atoms with Crippen molar-refractivity contribution in [2.75, 3.05) is 13.2 Å². The highest BCUT2D eigenvalue weighted by Crippen LogP contribution is 2.47. The molecule has 2 unspecified atom stereocenters. The minimum Gasteiger partial charge on any atom is -0.508 e. The van der Waals surface area contributed by atoms with Gasteiger partial charge in [-0.1, -0.05) is 145 Å². The Bertz CT molecular complexity index is 2030. The van der Waals surface area contributed by atoms with Gasteiger partial charge in [0.25, 0.3) is 0 Å². The zero-order chi connectivity index (χ0) is 44.1. The Labute approximate surface area is 352 Å². The molecule has 4 N–H and O–H groups in total. The third-order valence-corrected chi connectivity index (χ3v) is 12.0. The highest BCUT2D eigenvalue weighted by atomic mass is 16.8. The molecule has 320 valence electrons. The first-order chi connectivity index (χ1) is 27.1. The van der Waals surface area contributed by atoms with Crippen LogP contribution >= 0.6 is 0 Å². The smallest absolute Gasteiger partial charge is 0.307 e. The highest BCUT2D eigenvalue weighted by molar-refractivity contribution is 5.73. The van der Waals surface area contributed by atoms with Crippen molar-refractivity contribution >= 4 is 5.97 Å². The Balaban J connectivity index is 1.33. The number of phenolic OH excluding ortho intramolecular Hbond substituents is 4. The van der Waals surface area contributed by atoms with Gasteiger partial charge in [0, 0.05) is 10.8 Å². The van der Waals surface area contributed by atoms with Gasteiger partial charge in [-0.05, 0) is 96.9 Å². The number of aromatic hydroxyl groups is 4. The van der Waals surface area contributed by atoms with E-state index < -0.39 is 23.1 Å². The van der Waals surface area contributed by atoms with Gasteiger partial charge in [0.1, 0.15) is 35.7 Å². The van der Waals surface area contributed by atoms with Crippen LogP contribution in [0.3, 0.4) is 0 Å². The van der Waals surface area contributed by atoms with E-state index in [4.69, 9.17) is 14.2 Å². The lowest BCUT2D eigenvalue weighted by Crippen LogP contribution is -2.30. The standard InChI is InChI=1S/C51H68O8/c1-46(2,3)35-25-31(15-19-39(35)52)50(13,32-16-20-40(53)36(26-32)47(4,5)6)29-43-45(59-43)58-24-23-57-44(56)30-51(14,33-17-21-41(54)37(27-33)48(7,8)9)34-18-22-42(55)38(28-34)49(10,11)12/h15-22,25-28,43,45,52-55H,23-24,29-30H2,1-14H3. The largest absolute Gasteiger partial charge is 0.508 e. The molecular weight excluding hydrogens is 741 g/mol. The predicted molar refractivity (Wildman–Crippen MR) is 235 cm³/mol. The Morgan fingerprint density at radius 2 is 0.831 bits per heavy atom. The van der Waals surface area contributed by atoms with Crippen LogP contribution in [-0.2, 0) is 51.5 Å². The van der Waals surface area contributed by atoms with Crippen LogP contribution in [-0.4, -0.2) is 52.0 Å². The van der Waals surface area contributed by atoms with E-state index in [9.17, 15) is 25.2 Å². The zero-order valence-electron chi connectivity index (χ0n) is 37.8. The molecule has 1 saturated heterocycles. The Hall–Kier alpha value is -4.53. The van der Waals surface area contributed by atoms with Crippen LogP contribution in [0.5, 0.6) is 23.0 Å². The SMILES string of the molecule is CC(C)(C)c1cc(C(C)(CC(=O)OCCOC2OC2CC(C)(c2ccc(O)c(C(C)(C)C)c2)c2ccc(O)c(C(C)(C)C)c2)c2ccc(O)c(C(C)(C)C)c2)ccc1O. The van der Waals surface area contributed by atoms with Gasteiger partial charge in [0.2, 0.25) is 0 Å². The van der Waals surface area contributed by atoms with Crippen molar-refractivity contribution in [1.29, 1.82) is 0 Å². The summed E-state index contributed by atoms with van der Waals surface area (Å²) in [6.07, 6.45) is -0.137. The predicted octanol–water partition coefficient (Wildman–Crippen LogP) is 11.1. The summed E-state index contributed by atoms with van der Waals surface area (Å²) in [5, 5.41) is 43.3. The highest BCUT2D eigenvalue weighted by Gasteiger charge is 2.47. The Morgan fingerprint density at radius 1 is 0.508 bits per heavy atom. The first-order valence-corrected chi connectivity index (χ1v) is 20.8. The maximum Gasteiger partial charge on any atom is 0.307 e. The molecule has 1 heterocycles. The molecule has 0 bridgehead atoms. The van der Waals surface area contributed by atoms with Crippen molar-refractivity contribution in [2.24, 2.45) is 0 Å². The summed E-state index contributed by atoms with van der Waals surface area (Å²) in [5.41, 5.74) is 4.28. The fourth-order valence-electron chi connectivity index (χ4n) is 8.17. The number of hydrogen-bond donors (Lipinski definition) is 4. The molecule has 8 nitrogen and oxygen atoms in total. The van der Waals surface area contributed by atoms with Gasteiger partial charge in [0.05, 0.1) is 13.0 Å². The molecule has 1 aliphatic heterocycles. The second-order valence-corrected chi connectivity index (χ2v) is 21.1. The molecule has 0 spiro atoms. The summed E-state index contributed by atoms with van der Waals surface area (Å²) < 4.78 is 18.0. The number of carbonyl (C=O) groups is 1. The van der Waals surface area contributed by atoms with E-state index in [-0.39, 0.29) is 70.4 Å². The molecule has 0 aliphatic carbocycles. The van der Waals surface area contributed by atoms with E-state index in [1.54, 1.807) is 24.3 Å². The monoisotopic (exact) mass is 808 g/mol. The normalized spacial score (nSPS) is 16.6. The Kier molecular flexibility index (Phi) is 12.5. The van der Waals surface area contributed by atoms with Gasteiger partial charge < -0.3 is 34.6 Å². The maximum absolute atomic E-state index is 13.7. The van der Waals surface area contributed by atoms with Crippen molar-refractivity contribution in [3.63, 3.8) is 0 Å². The van der Waals surface area contributed by atoms with Gasteiger partial charge in [-0.15, -0.1) is 0 Å². The van der Waals surface area contributed by atoms with Gasteiger partial charge in [0.15, 0.2) is 6.29 Å². The van der Waals surface area contributed by atoms with E-state index in [2.05, 4.69) is 60.6 Å². The summed E-state index contributed by atoms with van der Waals surface area (Å²) in [6, 6.07) is 22.6. The van der Waals surface area contributed by atoms with Crippen LogP contribution in [0.1, 0.15) is 154 Å². The van der Waals surface area contributed by atoms with Crippen molar-refractivity contribution in [1.82, 2.24) is 0 Å². The van der Waals surface area contributed by atoms with Gasteiger partial charge in [-0.2, -0.15) is 0 Å². The van der Waals surface area contributed by atoms with Crippen molar-refractivity contribution in [2.45, 2.75) is 155 Å². The minimum absolute atomic E-state index is 0.0169. The van der Waals surface area contributed by atoms with Crippen LogP contribution in [0.4, 0.5) is 0 Å². The molecule has 5 rings (SSSR count). The molecule has 59 heavy (non-hydrogen) atoms. The van der Waals surface area contributed by atoms with E-state index in [0.717, 1.165) is 44.5 Å². The fraction of sp³-hybridized carbons (Fsp3) is 0.510. The zero-order valence-corrected chi connectivity index (χ0v) is 37.8. The lowest BCUT2D eigenvalue weighted by atomic mass is 9.70. The number of hydrogen-bond acceptors (Lipinski definition) is 8. The van der Waals surface area contributed by atoms with E-state index >= 15 is 0 Å². The third-order valence-electron chi connectivity index (χ3n) is 12.0. The molecule has 0 aromatic heterocycles. The van der Waals surface area contributed by atoms with Crippen molar-refractivity contribution < 1.29 is 39.4 Å². The number of esters is 1. The second kappa shape index (κ2) is 16.2. The number of epoxide rings is 1. The summed E-state index contributed by atoms with van der Waals surface area (Å²) in [7, 11) is 0. The molecule has 8 heteroatoms. The van der Waals surface area contributed by atoms with Crippen LogP contribution < -0.4 is 0 Å². The number of rotatable bonds is 12. The summed E-state index contributed by atoms with van der Waals surface area (Å²) in [6.45, 7) is 29.0. The number of carbonyl (C=O) groups excluding carboxylic acids is 1. The molecule has 0 amide bonds. The van der Waals surface area contributed by atoms with Crippen LogP contribution in [0.2, 0.25) is 0 Å². The van der Waals surface area contributed by atoms with Gasteiger partial charge in [-0.25, -0.2) is 0 Å². The molecule has 4 aromatic rings. The van der Waals surface area contributed by atoms with Crippen LogP contribution in [0.15, 0.2) is 72.8 Å².